The molecule has 1 aliphatic carbocycles. The van der Waals surface area contributed by atoms with Gasteiger partial charge in [0.1, 0.15) is 0 Å². The summed E-state index contributed by atoms with van der Waals surface area (Å²) in [7, 11) is 0. The van der Waals surface area contributed by atoms with Gasteiger partial charge in [-0.15, -0.1) is 0 Å². The van der Waals surface area contributed by atoms with Crippen molar-refractivity contribution in [2.45, 2.75) is 32.6 Å². The first-order chi connectivity index (χ1) is 4.34. The van der Waals surface area contributed by atoms with Gasteiger partial charge in [-0.3, -0.25) is 0 Å². The third-order valence-electron chi connectivity index (χ3n) is 2.49. The number of hydrogen-bond donors (Lipinski definition) is 0. The molecule has 2 unspecified atom stereocenters. The van der Waals surface area contributed by atoms with Gasteiger partial charge in [-0.1, -0.05) is 42.1 Å². The molecule has 0 bridgehead atoms. The first kappa shape index (κ1) is 7.59. The fourth-order valence-corrected chi connectivity index (χ4v) is 2.58. The second kappa shape index (κ2) is 3.60. The first-order valence-electron chi connectivity index (χ1n) is 3.90. The van der Waals surface area contributed by atoms with E-state index in [0.717, 1.165) is 11.8 Å². The third-order valence-corrected chi connectivity index (χ3v) is 3.32. The summed E-state index contributed by atoms with van der Waals surface area (Å²) >= 11 is 3.55. The van der Waals surface area contributed by atoms with Gasteiger partial charge >= 0.3 is 0 Å². The molecule has 1 saturated carbocycles. The molecule has 54 valence electrons. The van der Waals surface area contributed by atoms with Gasteiger partial charge in [0.15, 0.2) is 0 Å². The SMILES string of the molecule is CC1CCCCC1CBr. The molecule has 0 aromatic carbocycles. The van der Waals surface area contributed by atoms with E-state index in [1.807, 2.05) is 0 Å². The van der Waals surface area contributed by atoms with E-state index in [0.29, 0.717) is 0 Å². The summed E-state index contributed by atoms with van der Waals surface area (Å²) < 4.78 is 0. The molecule has 9 heavy (non-hydrogen) atoms. The Morgan fingerprint density at radius 3 is 2.44 bits per heavy atom. The van der Waals surface area contributed by atoms with Crippen molar-refractivity contribution in [2.75, 3.05) is 5.33 Å². The van der Waals surface area contributed by atoms with Crippen LogP contribution in [-0.4, -0.2) is 5.33 Å². The van der Waals surface area contributed by atoms with E-state index in [9.17, 15) is 0 Å². The summed E-state index contributed by atoms with van der Waals surface area (Å²) in [6.45, 7) is 2.38. The Kier molecular flexibility index (Phi) is 3.03. The predicted octanol–water partition coefficient (Wildman–Crippen LogP) is 3.21. The lowest BCUT2D eigenvalue weighted by Crippen LogP contribution is -2.17. The molecule has 0 nitrogen and oxygen atoms in total. The van der Waals surface area contributed by atoms with Gasteiger partial charge in [0.05, 0.1) is 0 Å². The molecule has 0 aromatic heterocycles. The fraction of sp³-hybridized carbons (Fsp3) is 1.00. The second-order valence-electron chi connectivity index (χ2n) is 3.18. The number of halogens is 1. The zero-order valence-electron chi connectivity index (χ0n) is 6.07. The smallest absolute Gasteiger partial charge is 0.00622 e. The van der Waals surface area contributed by atoms with Gasteiger partial charge in [-0.05, 0) is 18.3 Å². The van der Waals surface area contributed by atoms with Crippen LogP contribution in [0.15, 0.2) is 0 Å². The Morgan fingerprint density at radius 1 is 1.33 bits per heavy atom. The summed E-state index contributed by atoms with van der Waals surface area (Å²) in [5.74, 6) is 1.94. The van der Waals surface area contributed by atoms with Crippen molar-refractivity contribution in [1.82, 2.24) is 0 Å². The molecule has 0 N–H and O–H groups in total. The lowest BCUT2D eigenvalue weighted by Gasteiger charge is -2.26. The van der Waals surface area contributed by atoms with Crippen molar-refractivity contribution in [1.29, 1.82) is 0 Å². The van der Waals surface area contributed by atoms with Gasteiger partial charge < -0.3 is 0 Å². The highest BCUT2D eigenvalue weighted by Gasteiger charge is 2.19. The molecule has 1 rings (SSSR count). The average Bonchev–Trinajstić information content (AvgIpc) is 1.89. The van der Waals surface area contributed by atoms with Crippen molar-refractivity contribution >= 4 is 15.9 Å². The van der Waals surface area contributed by atoms with Crippen LogP contribution in [0.5, 0.6) is 0 Å². The standard InChI is InChI=1S/C8H15Br/c1-7-4-2-3-5-8(7)6-9/h7-8H,2-6H2,1H3. The summed E-state index contributed by atoms with van der Waals surface area (Å²) in [6, 6.07) is 0. The lowest BCUT2D eigenvalue weighted by atomic mass is 9.82. The van der Waals surface area contributed by atoms with Gasteiger partial charge in [0.2, 0.25) is 0 Å². The molecule has 0 heterocycles. The van der Waals surface area contributed by atoms with Crippen molar-refractivity contribution < 1.29 is 0 Å². The Labute approximate surface area is 66.2 Å². The first-order valence-corrected chi connectivity index (χ1v) is 5.02. The highest BCUT2D eigenvalue weighted by atomic mass is 79.9. The summed E-state index contributed by atoms with van der Waals surface area (Å²) in [5.41, 5.74) is 0. The molecule has 1 aliphatic rings. The molecule has 0 aliphatic heterocycles. The quantitative estimate of drug-likeness (QED) is 0.558. The Balaban J connectivity index is 2.30. The molecule has 1 fully saturated rings. The minimum Gasteiger partial charge on any atom is -0.0925 e. The molecule has 0 spiro atoms. The van der Waals surface area contributed by atoms with E-state index in [2.05, 4.69) is 22.9 Å². The third kappa shape index (κ3) is 1.96. The van der Waals surface area contributed by atoms with E-state index in [1.54, 1.807) is 0 Å². The minimum atomic E-state index is 0.970. The molecule has 0 aromatic rings. The van der Waals surface area contributed by atoms with Crippen LogP contribution in [0.25, 0.3) is 0 Å². The van der Waals surface area contributed by atoms with Crippen LogP contribution in [0, 0.1) is 11.8 Å². The molecule has 0 radical (unpaired) electrons. The van der Waals surface area contributed by atoms with Crippen LogP contribution in [0.3, 0.4) is 0 Å². The Bertz CT molecular complexity index is 80.6. The van der Waals surface area contributed by atoms with Crippen LogP contribution in [0.2, 0.25) is 0 Å². The Morgan fingerprint density at radius 2 is 2.00 bits per heavy atom. The number of rotatable bonds is 1. The molecular formula is C8H15Br. The number of alkyl halides is 1. The zero-order valence-corrected chi connectivity index (χ0v) is 7.65. The molecule has 0 saturated heterocycles. The van der Waals surface area contributed by atoms with Crippen molar-refractivity contribution in [3.05, 3.63) is 0 Å². The van der Waals surface area contributed by atoms with Crippen LogP contribution in [0.1, 0.15) is 32.6 Å². The maximum atomic E-state index is 3.55. The normalized spacial score (nSPS) is 36.7. The zero-order chi connectivity index (χ0) is 6.69. The molecule has 0 amide bonds. The van der Waals surface area contributed by atoms with Crippen molar-refractivity contribution in [2.24, 2.45) is 11.8 Å². The second-order valence-corrected chi connectivity index (χ2v) is 3.82. The number of hydrogen-bond acceptors (Lipinski definition) is 0. The van der Waals surface area contributed by atoms with Crippen LogP contribution in [-0.2, 0) is 0 Å². The van der Waals surface area contributed by atoms with Gasteiger partial charge in [0, 0.05) is 5.33 Å². The fourth-order valence-electron chi connectivity index (χ4n) is 1.62. The van der Waals surface area contributed by atoms with Crippen LogP contribution < -0.4 is 0 Å². The maximum Gasteiger partial charge on any atom is 0.00622 e. The van der Waals surface area contributed by atoms with Gasteiger partial charge in [0.25, 0.3) is 0 Å². The van der Waals surface area contributed by atoms with E-state index in [4.69, 9.17) is 0 Å². The Hall–Kier alpha value is 0.480. The summed E-state index contributed by atoms with van der Waals surface area (Å²) in [6.07, 6.45) is 5.83. The molecule has 2 atom stereocenters. The summed E-state index contributed by atoms with van der Waals surface area (Å²) in [4.78, 5) is 0. The van der Waals surface area contributed by atoms with E-state index >= 15 is 0 Å². The monoisotopic (exact) mass is 190 g/mol. The topological polar surface area (TPSA) is 0 Å². The summed E-state index contributed by atoms with van der Waals surface area (Å²) in [5, 5.41) is 1.22. The van der Waals surface area contributed by atoms with E-state index in [1.165, 1.54) is 31.0 Å². The maximum absolute atomic E-state index is 3.55. The lowest BCUT2D eigenvalue weighted by molar-refractivity contribution is 0.283. The van der Waals surface area contributed by atoms with Crippen molar-refractivity contribution in [3.8, 4) is 0 Å². The highest BCUT2D eigenvalue weighted by Crippen LogP contribution is 2.30. The molecule has 1 heteroatoms. The van der Waals surface area contributed by atoms with Crippen LogP contribution in [0.4, 0.5) is 0 Å². The predicted molar refractivity (Wildman–Crippen MR) is 44.9 cm³/mol. The van der Waals surface area contributed by atoms with E-state index < -0.39 is 0 Å². The van der Waals surface area contributed by atoms with Gasteiger partial charge in [-0.2, -0.15) is 0 Å². The van der Waals surface area contributed by atoms with E-state index in [-0.39, 0.29) is 0 Å². The van der Waals surface area contributed by atoms with Crippen molar-refractivity contribution in [3.63, 3.8) is 0 Å². The average molecular weight is 191 g/mol. The highest BCUT2D eigenvalue weighted by molar-refractivity contribution is 9.09. The minimum absolute atomic E-state index is 0.970. The molecular weight excluding hydrogens is 176 g/mol. The van der Waals surface area contributed by atoms with Crippen LogP contribution >= 0.6 is 15.9 Å². The van der Waals surface area contributed by atoms with Gasteiger partial charge in [-0.25, -0.2) is 0 Å². The largest absolute Gasteiger partial charge is 0.0925 e.